The molecule has 4 aromatic carbocycles. The zero-order valence-electron chi connectivity index (χ0n) is 75.2. The van der Waals surface area contributed by atoms with Gasteiger partial charge >= 0.3 is 0 Å². The molecule has 1 spiro atoms. The van der Waals surface area contributed by atoms with Crippen molar-refractivity contribution in [1.29, 1.82) is 0 Å². The van der Waals surface area contributed by atoms with E-state index in [-0.39, 0.29) is 116 Å². The van der Waals surface area contributed by atoms with Crippen LogP contribution >= 0.6 is 0 Å². The number of piperidine rings is 1. The summed E-state index contributed by atoms with van der Waals surface area (Å²) in [5.41, 5.74) is -0.779. The Labute approximate surface area is 758 Å². The summed E-state index contributed by atoms with van der Waals surface area (Å²) >= 11 is 0. The van der Waals surface area contributed by atoms with Gasteiger partial charge in [-0.3, -0.25) is 43.3 Å². The normalized spacial score (nSPS) is 21.7. The molecule has 9 atom stereocenters. The molecule has 5 heterocycles. The number of rotatable bonds is 54. The van der Waals surface area contributed by atoms with Crippen molar-refractivity contribution in [3.63, 3.8) is 0 Å². The predicted octanol–water partition coefficient (Wildman–Crippen LogP) is 4.51. The summed E-state index contributed by atoms with van der Waals surface area (Å²) < 4.78 is 102. The summed E-state index contributed by atoms with van der Waals surface area (Å²) in [5, 5.41) is 48.5. The number of nitrogens with zero attached hydrogens (tertiary/aromatic N) is 3. The van der Waals surface area contributed by atoms with Gasteiger partial charge in [0.2, 0.25) is 35.3 Å². The number of aromatic hydroxyl groups is 2. The maximum atomic E-state index is 14.7. The first-order valence-corrected chi connectivity index (χ1v) is 45.5. The van der Waals surface area contributed by atoms with Gasteiger partial charge in [0.25, 0.3) is 5.91 Å². The minimum atomic E-state index is -2.44. The number of nitrogens with one attached hydrogen (secondary N) is 4. The highest BCUT2D eigenvalue weighted by atomic mass is 16.7. The molecule has 0 bridgehead atoms. The molecule has 4 saturated heterocycles. The number of morpholine rings is 1. The van der Waals surface area contributed by atoms with E-state index < -0.39 is 119 Å². The molecule has 0 radical (unpaired) electrons. The van der Waals surface area contributed by atoms with E-state index in [4.69, 9.17) is 85.3 Å². The van der Waals surface area contributed by atoms with Gasteiger partial charge in [0.05, 0.1) is 207 Å². The number of benzene rings is 4. The average molecular weight is 1820 g/mol. The zero-order chi connectivity index (χ0) is 91.6. The molecule has 5 aliphatic heterocycles. The van der Waals surface area contributed by atoms with Crippen LogP contribution in [-0.4, -0.2) is 340 Å². The van der Waals surface area contributed by atoms with E-state index >= 15 is 0 Å². The molecule has 714 valence electrons. The SMILES string of the molecule is COCCOCCOCCOCCOCCOCCOCCOCCOCCOCCOCCOCCC(=O)NCC(NC(=O)C1CCC2(CC1)CCN(C(=O)CCCCC(=O)N1Cc3ccccc3C#Cc3ccccc31)CC2)C(=O)NCCNC(=O)C1(O)Cc2c(O)c3c(c(O)c2C(OC2CC4C(OC5C(OC)OCCN45)C(C)O2)C1)C(=O)c1c(OC)cccc1C3=O. The van der Waals surface area contributed by atoms with Crippen LogP contribution in [0, 0.1) is 23.2 Å². The third-order valence-corrected chi connectivity index (χ3v) is 24.9. The van der Waals surface area contributed by atoms with Gasteiger partial charge in [0, 0.05) is 132 Å². The molecule has 36 nitrogen and oxygen atoms in total. The number of phenolic OH excluding ortho intramolecular Hbond substituents is 2. The largest absolute Gasteiger partial charge is 0.507 e. The van der Waals surface area contributed by atoms with Crippen molar-refractivity contribution in [1.82, 2.24) is 31.1 Å². The van der Waals surface area contributed by atoms with Crippen molar-refractivity contribution in [3.05, 3.63) is 117 Å². The highest BCUT2D eigenvalue weighted by Crippen LogP contribution is 2.54. The minimum Gasteiger partial charge on any atom is -0.507 e. The molecule has 36 heteroatoms. The van der Waals surface area contributed by atoms with Crippen molar-refractivity contribution in [2.45, 2.75) is 158 Å². The van der Waals surface area contributed by atoms with Crippen LogP contribution in [0.2, 0.25) is 0 Å². The maximum Gasteiger partial charge on any atom is 0.252 e. The Balaban J connectivity index is 0.578. The summed E-state index contributed by atoms with van der Waals surface area (Å²) in [5.74, 6) is 0.480. The first kappa shape index (κ1) is 100. The van der Waals surface area contributed by atoms with Crippen molar-refractivity contribution in [2.75, 3.05) is 224 Å². The summed E-state index contributed by atoms with van der Waals surface area (Å²) in [6.45, 7) is 12.6. The molecular weight excluding hydrogens is 1690 g/mol. The van der Waals surface area contributed by atoms with Gasteiger partial charge in [0.15, 0.2) is 24.6 Å². The lowest BCUT2D eigenvalue weighted by atomic mass is 9.65. The number of likely N-dealkylation sites (tertiary alicyclic amines) is 1. The van der Waals surface area contributed by atoms with Crippen LogP contribution in [0.15, 0.2) is 66.7 Å². The molecule has 4 aromatic rings. The number of methoxy groups -OCH3 is 3. The van der Waals surface area contributed by atoms with Gasteiger partial charge in [-0.1, -0.05) is 54.3 Å². The van der Waals surface area contributed by atoms with Gasteiger partial charge in [-0.25, -0.2) is 0 Å². The lowest BCUT2D eigenvalue weighted by Crippen LogP contribution is -2.56. The van der Waals surface area contributed by atoms with E-state index in [0.29, 0.717) is 197 Å². The van der Waals surface area contributed by atoms with Gasteiger partial charge in [-0.2, -0.15) is 0 Å². The lowest BCUT2D eigenvalue weighted by Gasteiger charge is -2.45. The maximum absolute atomic E-state index is 14.7. The molecule has 1 saturated carbocycles. The fourth-order valence-corrected chi connectivity index (χ4v) is 17.8. The van der Waals surface area contributed by atoms with Crippen molar-refractivity contribution in [3.8, 4) is 29.1 Å². The highest BCUT2D eigenvalue weighted by molar-refractivity contribution is 6.31. The fourth-order valence-electron chi connectivity index (χ4n) is 17.8. The molecular formula is C94H129N7O29. The number of carbonyl (C=O) groups excluding carboxylic acids is 8. The number of amides is 6. The third-order valence-electron chi connectivity index (χ3n) is 24.9. The lowest BCUT2D eigenvalue weighted by molar-refractivity contribution is -0.256. The van der Waals surface area contributed by atoms with E-state index in [0.717, 1.165) is 48.1 Å². The number of ketones is 2. The van der Waals surface area contributed by atoms with Crippen LogP contribution in [0.4, 0.5) is 5.69 Å². The van der Waals surface area contributed by atoms with E-state index in [2.05, 4.69) is 38.0 Å². The molecule has 5 fully saturated rings. The van der Waals surface area contributed by atoms with Crippen molar-refractivity contribution < 1.29 is 139 Å². The van der Waals surface area contributed by atoms with Gasteiger partial charge in [-0.15, -0.1) is 0 Å². The standard InChI is InChI=1S/C94H129N7O29/c1-63-87-72(100-33-35-127-91(115-4)90(100)130-87)58-78(128-63)129-74-60-94(112,59-69-80(74)86(108)82-81(84(69)106)83(105)68-15-11-17-73(114-3)79(68)85(82)107)92(111)96-30-29-95-89(110)70(61-97-75(102)24-34-116-38-39-118-42-43-120-46-47-122-50-51-124-54-55-126-57-56-125-53-52-123-49-48-121-45-44-119-41-40-117-37-36-113-2)98-88(109)66-22-25-93(26-23-66)27-31-99(32-28-93)76(103)18-9-10-19-77(104)101-62-67-14-6-5-12-64(67)20-21-65-13-7-8-16-71(65)101/h5-8,11-17,63,66,70,72,74,78,87,90-91,106,108,112H,9-10,18-19,22-62H2,1-4H3,(H,95,110)(H,96,111)(H,97,102)(H,98,109). The summed E-state index contributed by atoms with van der Waals surface area (Å²) in [4.78, 5) is 119. The van der Waals surface area contributed by atoms with Crippen LogP contribution in [-0.2, 0) is 122 Å². The number of phenols is 2. The predicted molar refractivity (Wildman–Crippen MR) is 467 cm³/mol. The Morgan fingerprint density at radius 1 is 0.585 bits per heavy atom. The van der Waals surface area contributed by atoms with Crippen LogP contribution in [0.5, 0.6) is 17.2 Å². The molecule has 3 aliphatic carbocycles. The van der Waals surface area contributed by atoms with Gasteiger partial charge in [-0.05, 0) is 93.5 Å². The topological polar surface area (TPSA) is 421 Å². The van der Waals surface area contributed by atoms with Crippen LogP contribution in [0.3, 0.4) is 0 Å². The van der Waals surface area contributed by atoms with Crippen LogP contribution in [0.25, 0.3) is 0 Å². The molecule has 12 rings (SSSR count). The molecule has 130 heavy (non-hydrogen) atoms. The quantitative estimate of drug-likeness (QED) is 0.0160. The summed E-state index contributed by atoms with van der Waals surface area (Å²) in [7, 11) is 4.48. The third kappa shape index (κ3) is 27.5. The average Bonchev–Trinajstić information content (AvgIpc) is 0.747. The number of para-hydroxylation sites is 1. The first-order chi connectivity index (χ1) is 63.3. The van der Waals surface area contributed by atoms with Crippen LogP contribution in [0.1, 0.15) is 156 Å². The van der Waals surface area contributed by atoms with Gasteiger partial charge < -0.3 is 132 Å². The minimum absolute atomic E-state index is 0.0173. The number of hydrogen-bond donors (Lipinski definition) is 7. The Morgan fingerprint density at radius 2 is 1.14 bits per heavy atom. The number of ether oxygens (including phenoxy) is 18. The second kappa shape index (κ2) is 51.5. The number of fused-ring (bicyclic) bond motifs is 8. The number of aliphatic hydroxyl groups is 1. The summed E-state index contributed by atoms with van der Waals surface area (Å²) in [6, 6.07) is 18.3. The number of hydrogen-bond acceptors (Lipinski definition) is 30. The number of anilines is 1. The highest BCUT2D eigenvalue weighted by Gasteiger charge is 2.56. The Hall–Kier alpha value is -8.76. The molecule has 8 aliphatic rings. The van der Waals surface area contributed by atoms with E-state index in [9.17, 15) is 53.7 Å². The molecule has 6 amide bonds. The molecule has 7 N–H and O–H groups in total. The zero-order valence-corrected chi connectivity index (χ0v) is 75.2. The second-order valence-corrected chi connectivity index (χ2v) is 33.4. The van der Waals surface area contributed by atoms with Crippen LogP contribution < -0.4 is 30.9 Å². The molecule has 9 unspecified atom stereocenters. The number of carbonyl (C=O) groups is 8. The summed E-state index contributed by atoms with van der Waals surface area (Å²) in [6.07, 6.45) is -0.267. The smallest absolute Gasteiger partial charge is 0.252 e. The molecule has 0 aromatic heterocycles. The second-order valence-electron chi connectivity index (χ2n) is 33.4. The first-order valence-electron chi connectivity index (χ1n) is 45.5. The number of unbranched alkanes of at least 4 members (excludes halogenated alkanes) is 1. The van der Waals surface area contributed by atoms with E-state index in [1.54, 1.807) is 18.9 Å². The fraction of sp³-hybridized carbons (Fsp3) is 0.638. The monoisotopic (exact) mass is 1820 g/mol. The van der Waals surface area contributed by atoms with Gasteiger partial charge in [0.1, 0.15) is 35.0 Å². The Morgan fingerprint density at radius 3 is 1.74 bits per heavy atom. The van der Waals surface area contributed by atoms with E-state index in [1.165, 1.54) is 32.4 Å². The Bertz CT molecular complexity index is 4430. The van der Waals surface area contributed by atoms with E-state index in [1.807, 2.05) is 53.4 Å². The van der Waals surface area contributed by atoms with Crippen molar-refractivity contribution >= 4 is 52.7 Å². The van der Waals surface area contributed by atoms with Crippen molar-refractivity contribution in [2.24, 2.45) is 11.3 Å². The Kier molecular flexibility index (Phi) is 39.7.